The number of likely N-dealkylation sites (N-methyl/N-ethyl adjacent to an activating group) is 1. The second-order valence-corrected chi connectivity index (χ2v) is 10.8. The smallest absolute Gasteiger partial charge is 0.396 e. The Morgan fingerprint density at radius 2 is 1.86 bits per heavy atom. The van der Waals surface area contributed by atoms with Crippen LogP contribution in [-0.4, -0.2) is 49.6 Å². The molecule has 1 heterocycles. The van der Waals surface area contributed by atoms with Crippen molar-refractivity contribution in [3.05, 3.63) is 70.4 Å². The number of allylic oxidation sites excluding steroid dienone is 1. The Kier molecular flexibility index (Phi) is 6.87. The Morgan fingerprint density at radius 3 is 2.51 bits per heavy atom. The molecule has 37 heavy (non-hydrogen) atoms. The van der Waals surface area contributed by atoms with Crippen LogP contribution in [0.15, 0.2) is 58.6 Å². The van der Waals surface area contributed by atoms with E-state index in [0.29, 0.717) is 0 Å². The van der Waals surface area contributed by atoms with Gasteiger partial charge in [-0.25, -0.2) is 13.2 Å². The molecule has 1 aliphatic carbocycles. The van der Waals surface area contributed by atoms with Crippen molar-refractivity contribution < 1.29 is 36.3 Å². The molecule has 1 aliphatic heterocycles. The molecular weight excluding hydrogens is 511 g/mol. The maximum absolute atomic E-state index is 13.6. The van der Waals surface area contributed by atoms with Gasteiger partial charge in [0, 0.05) is 31.3 Å². The Hall–Kier alpha value is -3.69. The van der Waals surface area contributed by atoms with E-state index in [1.165, 1.54) is 37.4 Å². The summed E-state index contributed by atoms with van der Waals surface area (Å²) in [5.41, 5.74) is -0.558. The summed E-state index contributed by atoms with van der Waals surface area (Å²) in [4.78, 5) is 28.6. The lowest BCUT2D eigenvalue weighted by Gasteiger charge is -2.41. The first kappa shape index (κ1) is 26.4. The zero-order valence-corrected chi connectivity index (χ0v) is 20.4. The van der Waals surface area contributed by atoms with E-state index in [4.69, 9.17) is 5.11 Å². The highest BCUT2D eigenvalue weighted by molar-refractivity contribution is 7.91. The van der Waals surface area contributed by atoms with Crippen LogP contribution in [0.2, 0.25) is 0 Å². The molecule has 4 rings (SSSR count). The molecule has 0 radical (unpaired) electrons. The normalized spacial score (nSPS) is 18.3. The third-order valence-corrected chi connectivity index (χ3v) is 8.25. The number of halogens is 3. The Morgan fingerprint density at radius 1 is 1.14 bits per heavy atom. The van der Waals surface area contributed by atoms with Gasteiger partial charge in [0.1, 0.15) is 0 Å². The number of aliphatic hydroxyl groups excluding tert-OH is 1. The molecule has 2 amide bonds. The minimum atomic E-state index is -4.65. The number of ketones is 1. The number of benzene rings is 2. The van der Waals surface area contributed by atoms with Gasteiger partial charge in [-0.2, -0.15) is 18.4 Å². The van der Waals surface area contributed by atoms with E-state index in [1.54, 1.807) is 0 Å². The summed E-state index contributed by atoms with van der Waals surface area (Å²) in [7, 11) is -2.69. The van der Waals surface area contributed by atoms with E-state index in [1.807, 2.05) is 6.07 Å². The zero-order chi connectivity index (χ0) is 27.1. The number of nitriles is 1. The second-order valence-electron chi connectivity index (χ2n) is 8.72. The van der Waals surface area contributed by atoms with Crippen LogP contribution in [0, 0.1) is 11.3 Å². The van der Waals surface area contributed by atoms with Crippen LogP contribution in [0.4, 0.5) is 23.7 Å². The number of amides is 2. The molecule has 2 aliphatic rings. The van der Waals surface area contributed by atoms with Crippen molar-refractivity contribution in [1.82, 2.24) is 4.90 Å². The molecule has 194 valence electrons. The lowest BCUT2D eigenvalue weighted by molar-refractivity contribution is -0.137. The van der Waals surface area contributed by atoms with E-state index >= 15 is 0 Å². The fourth-order valence-corrected chi connectivity index (χ4v) is 6.27. The van der Waals surface area contributed by atoms with E-state index in [9.17, 15) is 36.4 Å². The summed E-state index contributed by atoms with van der Waals surface area (Å²) in [5, 5.41) is 18.5. The van der Waals surface area contributed by atoms with Gasteiger partial charge in [-0.05, 0) is 48.7 Å². The highest BCUT2D eigenvalue weighted by Gasteiger charge is 2.46. The van der Waals surface area contributed by atoms with Crippen molar-refractivity contribution in [2.24, 2.45) is 0 Å². The largest absolute Gasteiger partial charge is 0.416 e. The molecule has 1 N–H and O–H groups in total. The first-order chi connectivity index (χ1) is 17.4. The zero-order valence-electron chi connectivity index (χ0n) is 19.6. The van der Waals surface area contributed by atoms with Crippen molar-refractivity contribution in [3.8, 4) is 6.07 Å². The summed E-state index contributed by atoms with van der Waals surface area (Å²) < 4.78 is 66.4. The molecule has 2 aromatic rings. The number of carbonyl (C=O) groups is 2. The van der Waals surface area contributed by atoms with E-state index in [0.717, 1.165) is 21.9 Å². The van der Waals surface area contributed by atoms with Gasteiger partial charge >= 0.3 is 12.2 Å². The molecule has 0 saturated carbocycles. The van der Waals surface area contributed by atoms with Crippen LogP contribution in [0.1, 0.15) is 42.0 Å². The van der Waals surface area contributed by atoms with Crippen molar-refractivity contribution >= 4 is 27.3 Å². The summed E-state index contributed by atoms with van der Waals surface area (Å²) in [6.07, 6.45) is -4.62. The first-order valence-electron chi connectivity index (χ1n) is 11.3. The molecule has 1 atom stereocenters. The predicted molar refractivity (Wildman–Crippen MR) is 126 cm³/mol. The van der Waals surface area contributed by atoms with Crippen molar-refractivity contribution in [2.75, 3.05) is 24.3 Å². The molecular formula is C25H22F3N3O5S. The van der Waals surface area contributed by atoms with Crippen molar-refractivity contribution in [3.63, 3.8) is 0 Å². The van der Waals surface area contributed by atoms with Gasteiger partial charge in [0.05, 0.1) is 39.6 Å². The molecule has 0 aromatic heterocycles. The lowest BCUT2D eigenvalue weighted by Crippen LogP contribution is -2.48. The molecule has 12 heteroatoms. The minimum Gasteiger partial charge on any atom is -0.396 e. The molecule has 0 fully saturated rings. The summed E-state index contributed by atoms with van der Waals surface area (Å²) in [6.45, 7) is -0.381. The van der Waals surface area contributed by atoms with Gasteiger partial charge in [-0.3, -0.25) is 9.69 Å². The maximum atomic E-state index is 13.6. The average Bonchev–Trinajstić information content (AvgIpc) is 3.23. The quantitative estimate of drug-likeness (QED) is 0.601. The Labute approximate surface area is 211 Å². The average molecular weight is 534 g/mol. The highest BCUT2D eigenvalue weighted by atomic mass is 32.2. The van der Waals surface area contributed by atoms with Crippen LogP contribution < -0.4 is 4.90 Å². The standard InChI is InChI=1S/C25H22F3N3O5S/c1-30-23(18-7-6-15(14-29)12-21(18)37(35,36)11-3-10-32)22-19(8-9-20(22)33)31(24(30)34)17-5-2-4-16(13-17)25(26,27)28/h2,4-7,12-13,23,32H,3,8-11H2,1H3/t23-/m1/s1. The Balaban J connectivity index is 1.92. The number of urea groups is 1. The van der Waals surface area contributed by atoms with E-state index < -0.39 is 39.4 Å². The number of rotatable bonds is 6. The van der Waals surface area contributed by atoms with E-state index in [-0.39, 0.29) is 64.6 Å². The van der Waals surface area contributed by atoms with E-state index in [2.05, 4.69) is 0 Å². The van der Waals surface area contributed by atoms with Gasteiger partial charge in [-0.15, -0.1) is 0 Å². The summed E-state index contributed by atoms with van der Waals surface area (Å²) in [6, 6.07) is 8.12. The number of Topliss-reactive ketones (excluding diaryl/α,β-unsaturated/α-hetero) is 1. The number of aliphatic hydroxyl groups is 1. The molecule has 0 saturated heterocycles. The van der Waals surface area contributed by atoms with Crippen molar-refractivity contribution in [2.45, 2.75) is 36.4 Å². The van der Waals surface area contributed by atoms with Gasteiger partial charge < -0.3 is 10.0 Å². The monoisotopic (exact) mass is 533 g/mol. The summed E-state index contributed by atoms with van der Waals surface area (Å²) >= 11 is 0. The van der Waals surface area contributed by atoms with Crippen molar-refractivity contribution in [1.29, 1.82) is 5.26 Å². The number of hydrogen-bond donors (Lipinski definition) is 1. The topological polar surface area (TPSA) is 119 Å². The fourth-order valence-electron chi connectivity index (χ4n) is 4.70. The van der Waals surface area contributed by atoms with Gasteiger partial charge in [-0.1, -0.05) is 12.1 Å². The predicted octanol–water partition coefficient (Wildman–Crippen LogP) is 3.96. The van der Waals surface area contributed by atoms with Crippen LogP contribution in [-0.2, 0) is 20.8 Å². The van der Waals surface area contributed by atoms with Crippen LogP contribution >= 0.6 is 0 Å². The van der Waals surface area contributed by atoms with Gasteiger partial charge in [0.15, 0.2) is 15.6 Å². The third kappa shape index (κ3) is 4.72. The molecule has 0 unspecified atom stereocenters. The number of alkyl halides is 3. The third-order valence-electron chi connectivity index (χ3n) is 6.40. The summed E-state index contributed by atoms with van der Waals surface area (Å²) in [5.74, 6) is -0.786. The lowest BCUT2D eigenvalue weighted by atomic mass is 9.92. The fraction of sp³-hybridized carbons (Fsp3) is 0.320. The highest BCUT2D eigenvalue weighted by Crippen LogP contribution is 2.46. The number of nitrogens with zero attached hydrogens (tertiary/aromatic N) is 3. The number of hydrogen-bond acceptors (Lipinski definition) is 6. The number of anilines is 1. The molecule has 0 bridgehead atoms. The minimum absolute atomic E-state index is 0.000618. The van der Waals surface area contributed by atoms with Crippen LogP contribution in [0.5, 0.6) is 0 Å². The molecule has 8 nitrogen and oxygen atoms in total. The van der Waals surface area contributed by atoms with Gasteiger partial charge in [0.2, 0.25) is 0 Å². The number of sulfone groups is 1. The maximum Gasteiger partial charge on any atom is 0.416 e. The van der Waals surface area contributed by atoms with Crippen LogP contribution in [0.3, 0.4) is 0 Å². The second kappa shape index (κ2) is 9.64. The number of carbonyl (C=O) groups excluding carboxylic acids is 2. The first-order valence-corrected chi connectivity index (χ1v) is 12.9. The SMILES string of the molecule is CN1C(=O)N(c2cccc(C(F)(F)F)c2)C2=C(C(=O)CC2)[C@H]1c1ccc(C#N)cc1S(=O)(=O)CCCO. The van der Waals surface area contributed by atoms with Gasteiger partial charge in [0.25, 0.3) is 0 Å². The van der Waals surface area contributed by atoms with Crippen LogP contribution in [0.25, 0.3) is 0 Å². The molecule has 2 aromatic carbocycles. The molecule has 0 spiro atoms. The Bertz CT molecular complexity index is 1460.